The molecule has 16 heteroatoms. The van der Waals surface area contributed by atoms with Crippen molar-refractivity contribution in [1.29, 1.82) is 0 Å². The van der Waals surface area contributed by atoms with Crippen LogP contribution in [-0.4, -0.2) is 77.8 Å². The summed E-state index contributed by atoms with van der Waals surface area (Å²) in [5.74, 6) is -2.02. The van der Waals surface area contributed by atoms with Gasteiger partial charge in [0, 0.05) is 28.4 Å². The van der Waals surface area contributed by atoms with Crippen molar-refractivity contribution < 1.29 is 24.3 Å². The Morgan fingerprint density at radius 3 is 2.79 bits per heavy atom. The van der Waals surface area contributed by atoms with Crippen LogP contribution in [0.2, 0.25) is 0 Å². The molecular formula is C18H17N7O5S4. The van der Waals surface area contributed by atoms with Crippen LogP contribution < -0.4 is 11.1 Å². The smallest absolute Gasteiger partial charge is 0.353 e. The number of carbonyl (C=O) groups is 3. The number of fused-ring (bicyclic) bond motifs is 1. The Hall–Kier alpha value is -2.82. The number of anilines is 1. The molecule has 1 saturated heterocycles. The number of aromatic nitrogens is 3. The number of carboxylic acid groups (broad SMARTS) is 1. The van der Waals surface area contributed by atoms with Crippen LogP contribution in [0.15, 0.2) is 44.8 Å². The lowest BCUT2D eigenvalue weighted by atomic mass is 10.0. The second kappa shape index (κ2) is 10.6. The molecule has 0 spiro atoms. The number of thioether (sulfide) groups is 3. The molecule has 12 nitrogen and oxygen atoms in total. The molecular weight excluding hydrogens is 523 g/mol. The fourth-order valence-electron chi connectivity index (χ4n) is 3.12. The Bertz CT molecular complexity index is 1170. The molecule has 2 atom stereocenters. The number of amides is 2. The predicted molar refractivity (Wildman–Crippen MR) is 130 cm³/mol. The number of rotatable bonds is 9. The monoisotopic (exact) mass is 539 g/mol. The number of nitrogens with zero attached hydrogens (tertiary/aromatic N) is 5. The summed E-state index contributed by atoms with van der Waals surface area (Å²) < 4.78 is 0. The molecule has 0 radical (unpaired) electrons. The molecule has 2 unspecified atom stereocenters. The van der Waals surface area contributed by atoms with Crippen molar-refractivity contribution >= 4 is 75.2 Å². The largest absolute Gasteiger partial charge is 0.477 e. The number of β-lactam (4-membered cyclic amide) rings is 1. The zero-order valence-electron chi connectivity index (χ0n) is 17.4. The highest BCUT2D eigenvalue weighted by atomic mass is 32.2. The number of aliphatic carboxylic acids is 1. The van der Waals surface area contributed by atoms with Crippen LogP contribution in [-0.2, 0) is 19.2 Å². The Morgan fingerprint density at radius 1 is 1.38 bits per heavy atom. The summed E-state index contributed by atoms with van der Waals surface area (Å²) in [4.78, 5) is 56.4. The lowest BCUT2D eigenvalue weighted by molar-refractivity contribution is -0.150. The quantitative estimate of drug-likeness (QED) is 0.103. The minimum Gasteiger partial charge on any atom is -0.477 e. The Balaban J connectivity index is 1.45. The average Bonchev–Trinajstić information content (AvgIpc) is 3.26. The van der Waals surface area contributed by atoms with Crippen molar-refractivity contribution in [2.75, 3.05) is 23.7 Å². The standard InChI is InChI=1S/C18H17N7O5S4/c1-30-24-10(8-5-32-17(19)22-8)13(26)23-11-14(27)25-12(16(28)29)9(6-31-15(11)25)33-7-34-18-20-3-2-4-21-18/h2-5,11,15H,6-7H2,1H3,(H2,19,22)(H,23,26)(H,28,29). The Labute approximate surface area is 209 Å². The van der Waals surface area contributed by atoms with Crippen molar-refractivity contribution in [3.63, 3.8) is 0 Å². The van der Waals surface area contributed by atoms with Gasteiger partial charge in [-0.3, -0.25) is 14.5 Å². The first kappa shape index (κ1) is 24.3. The molecule has 34 heavy (non-hydrogen) atoms. The van der Waals surface area contributed by atoms with Crippen LogP contribution in [0.3, 0.4) is 0 Å². The van der Waals surface area contributed by atoms with Gasteiger partial charge in [-0.1, -0.05) is 16.9 Å². The highest BCUT2D eigenvalue weighted by molar-refractivity contribution is 8.18. The number of nitrogens with two attached hydrogens (primary N) is 1. The number of thiazole rings is 1. The molecule has 2 aliphatic rings. The minimum atomic E-state index is -1.20. The molecule has 1 fully saturated rings. The zero-order valence-corrected chi connectivity index (χ0v) is 20.7. The molecule has 4 N–H and O–H groups in total. The maximum absolute atomic E-state index is 12.9. The summed E-state index contributed by atoms with van der Waals surface area (Å²) in [6.45, 7) is 0. The molecule has 2 aliphatic heterocycles. The molecule has 0 aliphatic carbocycles. The zero-order chi connectivity index (χ0) is 24.2. The predicted octanol–water partition coefficient (Wildman–Crippen LogP) is 1.04. The molecule has 178 valence electrons. The van der Waals surface area contributed by atoms with Crippen LogP contribution in [0.4, 0.5) is 5.13 Å². The fraction of sp³-hybridized carbons (Fsp3) is 0.278. The number of carbonyl (C=O) groups excluding carboxylic acids is 2. The van der Waals surface area contributed by atoms with Crippen molar-refractivity contribution in [3.8, 4) is 0 Å². The van der Waals surface area contributed by atoms with Crippen molar-refractivity contribution in [3.05, 3.63) is 40.1 Å². The van der Waals surface area contributed by atoms with E-state index in [0.717, 1.165) is 11.3 Å². The van der Waals surface area contributed by atoms with E-state index in [1.54, 1.807) is 23.8 Å². The van der Waals surface area contributed by atoms with Gasteiger partial charge < -0.3 is 21.0 Å². The van der Waals surface area contributed by atoms with Gasteiger partial charge in [-0.05, 0) is 6.07 Å². The lowest BCUT2D eigenvalue weighted by Crippen LogP contribution is -2.71. The van der Waals surface area contributed by atoms with Crippen LogP contribution in [0, 0.1) is 0 Å². The molecule has 0 saturated carbocycles. The van der Waals surface area contributed by atoms with E-state index >= 15 is 0 Å². The summed E-state index contributed by atoms with van der Waals surface area (Å²) in [5.41, 5.74) is 5.64. The molecule has 0 bridgehead atoms. The third-order valence-electron chi connectivity index (χ3n) is 4.55. The highest BCUT2D eigenvalue weighted by Gasteiger charge is 2.54. The van der Waals surface area contributed by atoms with Gasteiger partial charge >= 0.3 is 5.97 Å². The fourth-order valence-corrected chi connectivity index (χ4v) is 7.22. The summed E-state index contributed by atoms with van der Waals surface area (Å²) in [5, 5.41) is 18.4. The lowest BCUT2D eigenvalue weighted by Gasteiger charge is -2.49. The Kier molecular flexibility index (Phi) is 7.60. The highest BCUT2D eigenvalue weighted by Crippen LogP contribution is 2.44. The number of oxime groups is 1. The van der Waals surface area contributed by atoms with Crippen molar-refractivity contribution in [2.45, 2.75) is 16.6 Å². The van der Waals surface area contributed by atoms with E-state index in [9.17, 15) is 19.5 Å². The molecule has 2 aromatic heterocycles. The first-order valence-corrected chi connectivity index (χ1v) is 13.4. The summed E-state index contributed by atoms with van der Waals surface area (Å²) in [7, 11) is 1.28. The summed E-state index contributed by atoms with van der Waals surface area (Å²) >= 11 is 5.19. The van der Waals surface area contributed by atoms with E-state index < -0.39 is 29.2 Å². The second-order valence-electron chi connectivity index (χ2n) is 6.57. The topological polar surface area (TPSA) is 173 Å². The first-order chi connectivity index (χ1) is 16.4. The molecule has 0 aromatic carbocycles. The number of carboxylic acids is 1. The number of nitrogens with one attached hydrogen (secondary N) is 1. The maximum Gasteiger partial charge on any atom is 0.353 e. The SMILES string of the molecule is CON=C(C(=O)NC1C(=O)N2C(C(=O)O)=C(SCSc3ncccn3)CSC12)c1csc(N)n1. The maximum atomic E-state index is 12.9. The minimum absolute atomic E-state index is 0.0723. The van der Waals surface area contributed by atoms with Crippen molar-refractivity contribution in [1.82, 2.24) is 25.2 Å². The number of nitrogen functional groups attached to an aromatic ring is 1. The number of hydrogen-bond acceptors (Lipinski definition) is 13. The van der Waals surface area contributed by atoms with Gasteiger partial charge in [0.1, 0.15) is 29.9 Å². The summed E-state index contributed by atoms with van der Waals surface area (Å²) in [6, 6.07) is 0.796. The average molecular weight is 540 g/mol. The Morgan fingerprint density at radius 2 is 2.15 bits per heavy atom. The third kappa shape index (κ3) is 4.98. The van der Waals surface area contributed by atoms with E-state index in [1.807, 2.05) is 0 Å². The van der Waals surface area contributed by atoms with Gasteiger partial charge in [-0.25, -0.2) is 19.7 Å². The van der Waals surface area contributed by atoms with Crippen LogP contribution in [0.1, 0.15) is 5.69 Å². The molecule has 4 rings (SSSR count). The van der Waals surface area contributed by atoms with Gasteiger partial charge in [-0.15, -0.1) is 34.9 Å². The van der Waals surface area contributed by atoms with Gasteiger partial charge in [-0.2, -0.15) is 0 Å². The van der Waals surface area contributed by atoms with E-state index in [0.29, 0.717) is 20.9 Å². The van der Waals surface area contributed by atoms with Gasteiger partial charge in [0.15, 0.2) is 16.0 Å². The van der Waals surface area contributed by atoms with Crippen LogP contribution in [0.5, 0.6) is 0 Å². The van der Waals surface area contributed by atoms with E-state index in [-0.39, 0.29) is 22.2 Å². The third-order valence-corrected chi connectivity index (χ3v) is 8.78. The van der Waals surface area contributed by atoms with Gasteiger partial charge in [0.25, 0.3) is 11.8 Å². The molecule has 4 heterocycles. The normalized spacial score (nSPS) is 20.0. The van der Waals surface area contributed by atoms with Gasteiger partial charge in [0.2, 0.25) is 0 Å². The first-order valence-electron chi connectivity index (χ1n) is 9.47. The number of hydrogen-bond donors (Lipinski definition) is 3. The van der Waals surface area contributed by atoms with E-state index in [1.165, 1.54) is 47.3 Å². The van der Waals surface area contributed by atoms with Crippen LogP contribution >= 0.6 is 46.6 Å². The molecule has 2 amide bonds. The van der Waals surface area contributed by atoms with E-state index in [2.05, 4.69) is 25.4 Å². The van der Waals surface area contributed by atoms with E-state index in [4.69, 9.17) is 10.6 Å². The van der Waals surface area contributed by atoms with Gasteiger partial charge in [0.05, 0.1) is 5.08 Å². The van der Waals surface area contributed by atoms with Crippen molar-refractivity contribution in [2.24, 2.45) is 5.16 Å². The summed E-state index contributed by atoms with van der Waals surface area (Å²) in [6.07, 6.45) is 3.25. The second-order valence-corrected chi connectivity index (χ2v) is 10.9. The molecule has 2 aromatic rings. The van der Waals surface area contributed by atoms with Crippen LogP contribution in [0.25, 0.3) is 0 Å².